The Kier molecular flexibility index (Phi) is 1.58. The fraction of sp³-hybridized carbons (Fsp3) is 0.909. The second-order valence-corrected chi connectivity index (χ2v) is 5.08. The Morgan fingerprint density at radius 2 is 1.69 bits per heavy atom. The Labute approximate surface area is 79.3 Å². The monoisotopic (exact) mass is 179 g/mol. The molecule has 2 heteroatoms. The standard InChI is InChI=1S/C11H17NO/c1-12-10-5-9(13)6-11(12)8-3-2-7(10)4-8/h7-8,10-11H,2-6H2,1H3/t7-,8+,10+,11-. The first kappa shape index (κ1) is 7.98. The normalized spacial score (nSPS) is 49.8. The van der Waals surface area contributed by atoms with E-state index in [1.165, 1.54) is 19.3 Å². The van der Waals surface area contributed by atoms with E-state index in [0.29, 0.717) is 17.9 Å². The van der Waals surface area contributed by atoms with Gasteiger partial charge in [-0.2, -0.15) is 0 Å². The van der Waals surface area contributed by atoms with Crippen molar-refractivity contribution in [1.82, 2.24) is 4.90 Å². The van der Waals surface area contributed by atoms with Crippen molar-refractivity contribution in [2.24, 2.45) is 11.8 Å². The third kappa shape index (κ3) is 1.01. The topological polar surface area (TPSA) is 20.3 Å². The van der Waals surface area contributed by atoms with Crippen LogP contribution in [0.3, 0.4) is 0 Å². The average Bonchev–Trinajstić information content (AvgIpc) is 2.52. The number of nitrogens with zero attached hydrogens (tertiary/aromatic N) is 1. The number of hydrogen-bond donors (Lipinski definition) is 0. The molecule has 3 aliphatic rings. The van der Waals surface area contributed by atoms with Gasteiger partial charge in [0.1, 0.15) is 5.78 Å². The third-order valence-electron chi connectivity index (χ3n) is 4.52. The average molecular weight is 179 g/mol. The lowest BCUT2D eigenvalue weighted by Gasteiger charge is -2.47. The summed E-state index contributed by atoms with van der Waals surface area (Å²) < 4.78 is 0. The first-order chi connectivity index (χ1) is 6.25. The van der Waals surface area contributed by atoms with Crippen molar-refractivity contribution in [3.05, 3.63) is 0 Å². The highest BCUT2D eigenvalue weighted by atomic mass is 16.1. The summed E-state index contributed by atoms with van der Waals surface area (Å²) in [5, 5.41) is 0. The highest BCUT2D eigenvalue weighted by molar-refractivity contribution is 5.80. The molecule has 72 valence electrons. The molecule has 4 bridgehead atoms. The second kappa shape index (κ2) is 2.57. The van der Waals surface area contributed by atoms with Crippen molar-refractivity contribution in [1.29, 1.82) is 0 Å². The lowest BCUT2D eigenvalue weighted by Crippen LogP contribution is -2.55. The van der Waals surface area contributed by atoms with Crippen LogP contribution in [0.5, 0.6) is 0 Å². The summed E-state index contributed by atoms with van der Waals surface area (Å²) in [5.41, 5.74) is 0. The van der Waals surface area contributed by atoms with Crippen LogP contribution in [-0.2, 0) is 4.79 Å². The van der Waals surface area contributed by atoms with Crippen LogP contribution < -0.4 is 0 Å². The van der Waals surface area contributed by atoms with E-state index in [1.807, 2.05) is 0 Å². The van der Waals surface area contributed by atoms with Crippen molar-refractivity contribution < 1.29 is 4.79 Å². The molecule has 3 fully saturated rings. The third-order valence-corrected chi connectivity index (χ3v) is 4.52. The molecular formula is C11H17NO. The Hall–Kier alpha value is -0.370. The number of ketones is 1. The summed E-state index contributed by atoms with van der Waals surface area (Å²) in [5.74, 6) is 2.20. The van der Waals surface area contributed by atoms with Crippen LogP contribution in [-0.4, -0.2) is 29.8 Å². The number of fused-ring (bicyclic) bond motifs is 6. The van der Waals surface area contributed by atoms with Crippen molar-refractivity contribution in [2.75, 3.05) is 7.05 Å². The lowest BCUT2D eigenvalue weighted by atomic mass is 9.77. The van der Waals surface area contributed by atoms with Gasteiger partial charge in [0.25, 0.3) is 0 Å². The smallest absolute Gasteiger partial charge is 0.136 e. The molecule has 0 radical (unpaired) electrons. The van der Waals surface area contributed by atoms with E-state index in [-0.39, 0.29) is 0 Å². The summed E-state index contributed by atoms with van der Waals surface area (Å²) in [6, 6.07) is 1.20. The number of Topliss-reactive ketones (excluding diaryl/α,β-unsaturated/α-hetero) is 1. The van der Waals surface area contributed by atoms with Crippen LogP contribution in [0.4, 0.5) is 0 Å². The maximum absolute atomic E-state index is 11.5. The maximum atomic E-state index is 11.5. The molecule has 2 aliphatic heterocycles. The van der Waals surface area contributed by atoms with Gasteiger partial charge in [-0.05, 0) is 38.1 Å². The molecule has 1 aliphatic carbocycles. The van der Waals surface area contributed by atoms with Crippen LogP contribution in [0, 0.1) is 11.8 Å². The van der Waals surface area contributed by atoms with Gasteiger partial charge in [-0.3, -0.25) is 9.69 Å². The molecule has 0 aromatic heterocycles. The van der Waals surface area contributed by atoms with Crippen LogP contribution in [0.2, 0.25) is 0 Å². The van der Waals surface area contributed by atoms with Crippen LogP contribution >= 0.6 is 0 Å². The SMILES string of the molecule is CN1[C@@H]2CC(=O)C[C@H]1[C@@H]1CC[C@H]2C1. The van der Waals surface area contributed by atoms with Gasteiger partial charge >= 0.3 is 0 Å². The molecule has 4 atom stereocenters. The van der Waals surface area contributed by atoms with Gasteiger partial charge in [-0.1, -0.05) is 0 Å². The molecule has 0 N–H and O–H groups in total. The highest BCUT2D eigenvalue weighted by Crippen LogP contribution is 2.47. The Balaban J connectivity index is 1.95. The van der Waals surface area contributed by atoms with Gasteiger partial charge in [0.2, 0.25) is 0 Å². The zero-order valence-corrected chi connectivity index (χ0v) is 8.20. The van der Waals surface area contributed by atoms with E-state index in [9.17, 15) is 4.79 Å². The summed E-state index contributed by atoms with van der Waals surface area (Å²) in [6.45, 7) is 0. The maximum Gasteiger partial charge on any atom is 0.136 e. The van der Waals surface area contributed by atoms with Gasteiger partial charge in [0, 0.05) is 24.9 Å². The summed E-state index contributed by atoms with van der Waals surface area (Å²) in [6.07, 6.45) is 5.84. The Bertz CT molecular complexity index is 228. The molecule has 0 spiro atoms. The fourth-order valence-corrected chi connectivity index (χ4v) is 3.83. The fourth-order valence-electron chi connectivity index (χ4n) is 3.83. The van der Waals surface area contributed by atoms with Crippen LogP contribution in [0.25, 0.3) is 0 Å². The minimum Gasteiger partial charge on any atom is -0.300 e. The molecule has 1 saturated carbocycles. The van der Waals surface area contributed by atoms with Gasteiger partial charge in [0.15, 0.2) is 0 Å². The lowest BCUT2D eigenvalue weighted by molar-refractivity contribution is -0.128. The van der Waals surface area contributed by atoms with Crippen molar-refractivity contribution in [3.63, 3.8) is 0 Å². The summed E-state index contributed by atoms with van der Waals surface area (Å²) in [4.78, 5) is 14.0. The van der Waals surface area contributed by atoms with E-state index < -0.39 is 0 Å². The van der Waals surface area contributed by atoms with E-state index >= 15 is 0 Å². The quantitative estimate of drug-likeness (QED) is 0.561. The molecular weight excluding hydrogens is 162 g/mol. The van der Waals surface area contributed by atoms with E-state index in [1.54, 1.807) is 0 Å². The first-order valence-corrected chi connectivity index (χ1v) is 5.49. The van der Waals surface area contributed by atoms with E-state index in [2.05, 4.69) is 11.9 Å². The van der Waals surface area contributed by atoms with Crippen LogP contribution in [0.15, 0.2) is 0 Å². The molecule has 0 amide bonds. The van der Waals surface area contributed by atoms with Gasteiger partial charge in [-0.25, -0.2) is 0 Å². The largest absolute Gasteiger partial charge is 0.300 e. The zero-order chi connectivity index (χ0) is 9.00. The summed E-state index contributed by atoms with van der Waals surface area (Å²) in [7, 11) is 2.23. The van der Waals surface area contributed by atoms with Gasteiger partial charge in [-0.15, -0.1) is 0 Å². The second-order valence-electron chi connectivity index (χ2n) is 5.08. The van der Waals surface area contributed by atoms with Gasteiger partial charge in [0.05, 0.1) is 0 Å². The van der Waals surface area contributed by atoms with Crippen molar-refractivity contribution in [2.45, 2.75) is 44.2 Å². The number of rotatable bonds is 0. The minimum absolute atomic E-state index is 0.518. The molecule has 0 aromatic rings. The van der Waals surface area contributed by atoms with Gasteiger partial charge < -0.3 is 0 Å². The predicted molar refractivity (Wildman–Crippen MR) is 50.4 cm³/mol. The number of carbonyl (C=O) groups excluding carboxylic acids is 1. The summed E-state index contributed by atoms with van der Waals surface area (Å²) >= 11 is 0. The Morgan fingerprint density at radius 3 is 2.23 bits per heavy atom. The molecule has 2 heterocycles. The first-order valence-electron chi connectivity index (χ1n) is 5.49. The van der Waals surface area contributed by atoms with E-state index in [0.717, 1.165) is 24.7 Å². The number of hydrogen-bond acceptors (Lipinski definition) is 2. The zero-order valence-electron chi connectivity index (χ0n) is 8.20. The molecule has 0 unspecified atom stereocenters. The molecule has 3 rings (SSSR count). The Morgan fingerprint density at radius 1 is 1.15 bits per heavy atom. The van der Waals surface area contributed by atoms with Crippen LogP contribution in [0.1, 0.15) is 32.1 Å². The highest BCUT2D eigenvalue weighted by Gasteiger charge is 2.48. The molecule has 2 nitrogen and oxygen atoms in total. The number of carbonyl (C=O) groups is 1. The molecule has 0 aromatic carbocycles. The van der Waals surface area contributed by atoms with E-state index in [4.69, 9.17) is 0 Å². The minimum atomic E-state index is 0.518. The van der Waals surface area contributed by atoms with Crippen molar-refractivity contribution >= 4 is 5.78 Å². The predicted octanol–water partition coefficient (Wildman–Crippen LogP) is 1.45. The van der Waals surface area contributed by atoms with Crippen molar-refractivity contribution in [3.8, 4) is 0 Å². The molecule has 13 heavy (non-hydrogen) atoms. The number of piperidine rings is 2. The molecule has 2 saturated heterocycles.